The lowest BCUT2D eigenvalue weighted by Crippen LogP contribution is -2.39. The van der Waals surface area contributed by atoms with Gasteiger partial charge in [0.2, 0.25) is 15.9 Å². The highest BCUT2D eigenvalue weighted by Gasteiger charge is 2.31. The van der Waals surface area contributed by atoms with Crippen molar-refractivity contribution in [2.24, 2.45) is 13.0 Å². The number of carbonyl (C=O) groups is 2. The van der Waals surface area contributed by atoms with Crippen LogP contribution < -0.4 is 14.8 Å². The fraction of sp³-hybridized carbons (Fsp3) is 0.529. The second-order valence-electron chi connectivity index (χ2n) is 13.8. The summed E-state index contributed by atoms with van der Waals surface area (Å²) in [6.45, 7) is 11.8. The van der Waals surface area contributed by atoms with Crippen molar-refractivity contribution in [2.45, 2.75) is 45.6 Å². The lowest BCUT2D eigenvalue weighted by atomic mass is 9.86. The van der Waals surface area contributed by atoms with Crippen LogP contribution in [0.4, 0.5) is 11.4 Å². The molecule has 11 nitrogen and oxygen atoms in total. The van der Waals surface area contributed by atoms with Gasteiger partial charge in [0.05, 0.1) is 36.2 Å². The van der Waals surface area contributed by atoms with E-state index in [1.165, 1.54) is 7.11 Å². The summed E-state index contributed by atoms with van der Waals surface area (Å²) >= 11 is 0. The Morgan fingerprint density at radius 2 is 1.74 bits per heavy atom. The molecular weight excluding hydrogens is 604 g/mol. The third-order valence-corrected chi connectivity index (χ3v) is 9.70. The summed E-state index contributed by atoms with van der Waals surface area (Å²) in [6.07, 6.45) is 2.95. The molecule has 0 bridgehead atoms. The summed E-state index contributed by atoms with van der Waals surface area (Å²) in [5, 5.41) is 3.95. The number of sulfonamides is 1. The zero-order valence-electron chi connectivity index (χ0n) is 28.1. The largest absolute Gasteiger partial charge is 0.492 e. The Morgan fingerprint density at radius 1 is 1.00 bits per heavy atom. The summed E-state index contributed by atoms with van der Waals surface area (Å²) in [6, 6.07) is 11.6. The van der Waals surface area contributed by atoms with Crippen LogP contribution in [0.25, 0.3) is 10.9 Å². The van der Waals surface area contributed by atoms with Gasteiger partial charge in [0.1, 0.15) is 5.69 Å². The first-order valence-electron chi connectivity index (χ1n) is 15.9. The molecule has 2 N–H and O–H groups in total. The molecule has 0 radical (unpaired) electrons. The molecule has 2 amide bonds. The molecule has 250 valence electrons. The van der Waals surface area contributed by atoms with E-state index in [0.717, 1.165) is 80.4 Å². The van der Waals surface area contributed by atoms with Gasteiger partial charge in [0, 0.05) is 51.7 Å². The van der Waals surface area contributed by atoms with E-state index in [-0.39, 0.29) is 34.6 Å². The predicted molar refractivity (Wildman–Crippen MR) is 183 cm³/mol. The third-order valence-electron chi connectivity index (χ3n) is 9.11. The van der Waals surface area contributed by atoms with Crippen molar-refractivity contribution in [1.82, 2.24) is 19.3 Å². The molecule has 5 rings (SSSR count). The Balaban J connectivity index is 1.37. The number of ether oxygens (including phenoxy) is 1. The molecule has 0 saturated carbocycles. The van der Waals surface area contributed by atoms with Gasteiger partial charge in [-0.1, -0.05) is 39.0 Å². The number of rotatable bonds is 8. The molecule has 46 heavy (non-hydrogen) atoms. The van der Waals surface area contributed by atoms with E-state index >= 15 is 0 Å². The van der Waals surface area contributed by atoms with Gasteiger partial charge in [-0.2, -0.15) is 0 Å². The molecule has 1 atom stereocenters. The Kier molecular flexibility index (Phi) is 9.72. The minimum atomic E-state index is -3.60. The van der Waals surface area contributed by atoms with E-state index in [1.807, 2.05) is 56.7 Å². The van der Waals surface area contributed by atoms with Crippen LogP contribution in [0.1, 0.15) is 55.2 Å². The molecule has 3 heterocycles. The number of anilines is 2. The molecule has 2 aliphatic rings. The fourth-order valence-corrected chi connectivity index (χ4v) is 7.22. The number of aromatic nitrogens is 1. The van der Waals surface area contributed by atoms with E-state index in [4.69, 9.17) is 4.74 Å². The molecule has 0 spiro atoms. The maximum atomic E-state index is 13.8. The quantitative estimate of drug-likeness (QED) is 0.377. The molecular formula is C34H48N6O5S. The summed E-state index contributed by atoms with van der Waals surface area (Å²) in [4.78, 5) is 33.7. The van der Waals surface area contributed by atoms with Gasteiger partial charge in [-0.3, -0.25) is 19.2 Å². The van der Waals surface area contributed by atoms with E-state index in [1.54, 1.807) is 6.07 Å². The minimum absolute atomic E-state index is 0.108. The first-order valence-corrected chi connectivity index (χ1v) is 17.8. The second-order valence-corrected chi connectivity index (χ2v) is 15.6. The lowest BCUT2D eigenvalue weighted by Gasteiger charge is -2.25. The highest BCUT2D eigenvalue weighted by molar-refractivity contribution is 7.92. The number of methoxy groups -OCH3 is 1. The number of fused-ring (bicyclic) bond motifs is 1. The fourth-order valence-electron chi connectivity index (χ4n) is 6.67. The minimum Gasteiger partial charge on any atom is -0.492 e. The maximum Gasteiger partial charge on any atom is 0.272 e. The lowest BCUT2D eigenvalue weighted by molar-refractivity contribution is -0.135. The SMILES string of the molecule is COc1c(NC(=O)c2cc3cccc(CN4CCCN(C(=O)[C@H]5CCN(C)C5)CC4)c3n2C)cc(C(C)(C)C)cc1NS(C)(=O)=O. The first kappa shape index (κ1) is 33.7. The van der Waals surface area contributed by atoms with Gasteiger partial charge in [0.15, 0.2) is 5.75 Å². The Bertz CT molecular complexity index is 1730. The van der Waals surface area contributed by atoms with E-state index in [9.17, 15) is 18.0 Å². The van der Waals surface area contributed by atoms with Gasteiger partial charge in [-0.05, 0) is 61.2 Å². The highest BCUT2D eigenvalue weighted by Crippen LogP contribution is 2.39. The van der Waals surface area contributed by atoms with Crippen LogP contribution in [0.15, 0.2) is 36.4 Å². The molecule has 2 aromatic carbocycles. The summed E-state index contributed by atoms with van der Waals surface area (Å²) in [5.74, 6) is 0.299. The zero-order valence-corrected chi connectivity index (χ0v) is 29.0. The van der Waals surface area contributed by atoms with Crippen LogP contribution in [0.3, 0.4) is 0 Å². The molecule has 2 fully saturated rings. The van der Waals surface area contributed by atoms with Gasteiger partial charge in [0.25, 0.3) is 5.91 Å². The van der Waals surface area contributed by atoms with Crippen LogP contribution in [0.2, 0.25) is 0 Å². The number of nitrogens with zero attached hydrogens (tertiary/aromatic N) is 4. The average Bonchev–Trinajstić information content (AvgIpc) is 3.47. The van der Waals surface area contributed by atoms with Crippen molar-refractivity contribution in [3.05, 3.63) is 53.2 Å². The van der Waals surface area contributed by atoms with Crippen molar-refractivity contribution < 1.29 is 22.7 Å². The van der Waals surface area contributed by atoms with E-state index < -0.39 is 10.0 Å². The van der Waals surface area contributed by atoms with E-state index in [0.29, 0.717) is 17.9 Å². The average molecular weight is 653 g/mol. The molecule has 1 aromatic heterocycles. The number of hydrogen-bond acceptors (Lipinski definition) is 7. The molecule has 0 aliphatic carbocycles. The Hall–Kier alpha value is -3.61. The standard InChI is InChI=1S/C34H48N6O5S/c1-34(2,3)26-19-27(31(45-6)28(20-26)36-46(7,43)44)35-32(41)29-18-23-10-8-11-24(30(23)38(29)5)22-39-13-9-14-40(17-16-39)33(42)25-12-15-37(4)21-25/h8,10-11,18-20,25,36H,9,12-17,21-22H2,1-7H3,(H,35,41)/t25-/m0/s1. The van der Waals surface area contributed by atoms with Gasteiger partial charge in [-0.15, -0.1) is 0 Å². The van der Waals surface area contributed by atoms with Crippen LogP contribution in [-0.2, 0) is 33.8 Å². The van der Waals surface area contributed by atoms with Gasteiger partial charge in [-0.25, -0.2) is 8.42 Å². The van der Waals surface area contributed by atoms with Crippen LogP contribution in [0, 0.1) is 5.92 Å². The normalized spacial score (nSPS) is 18.5. The van der Waals surface area contributed by atoms with Crippen molar-refractivity contribution in [3.63, 3.8) is 0 Å². The summed E-state index contributed by atoms with van der Waals surface area (Å²) < 4.78 is 34.4. The topological polar surface area (TPSA) is 116 Å². The van der Waals surface area contributed by atoms with Crippen LogP contribution >= 0.6 is 0 Å². The Morgan fingerprint density at radius 3 is 2.39 bits per heavy atom. The van der Waals surface area contributed by atoms with Crippen molar-refractivity contribution >= 4 is 44.1 Å². The number of aryl methyl sites for hydroxylation is 1. The smallest absolute Gasteiger partial charge is 0.272 e. The van der Waals surface area contributed by atoms with Crippen molar-refractivity contribution in [1.29, 1.82) is 0 Å². The summed E-state index contributed by atoms with van der Waals surface area (Å²) in [5.41, 5.74) is 3.72. The van der Waals surface area contributed by atoms with Gasteiger partial charge < -0.3 is 24.4 Å². The number of nitrogens with one attached hydrogen (secondary N) is 2. The maximum absolute atomic E-state index is 13.8. The molecule has 0 unspecified atom stereocenters. The Labute approximate surface area is 272 Å². The zero-order chi connectivity index (χ0) is 33.4. The molecule has 2 aliphatic heterocycles. The van der Waals surface area contributed by atoms with Crippen molar-refractivity contribution in [3.8, 4) is 5.75 Å². The second kappa shape index (κ2) is 13.2. The number of amides is 2. The summed E-state index contributed by atoms with van der Waals surface area (Å²) in [7, 11) is 1.82. The molecule has 12 heteroatoms. The molecule has 2 saturated heterocycles. The van der Waals surface area contributed by atoms with Crippen LogP contribution in [-0.4, -0.2) is 99.2 Å². The number of likely N-dealkylation sites (tertiary alicyclic amines) is 1. The van der Waals surface area contributed by atoms with E-state index in [2.05, 4.69) is 37.9 Å². The number of carbonyl (C=O) groups excluding carboxylic acids is 2. The van der Waals surface area contributed by atoms with Gasteiger partial charge >= 0.3 is 0 Å². The number of benzene rings is 2. The first-order chi connectivity index (χ1) is 21.6. The van der Waals surface area contributed by atoms with Crippen LogP contribution in [0.5, 0.6) is 5.75 Å². The number of para-hydroxylation sites is 1. The third kappa shape index (κ3) is 7.50. The predicted octanol–water partition coefficient (Wildman–Crippen LogP) is 4.09. The van der Waals surface area contributed by atoms with Crippen molar-refractivity contribution in [2.75, 3.05) is 69.7 Å². The highest BCUT2D eigenvalue weighted by atomic mass is 32.2. The monoisotopic (exact) mass is 652 g/mol. The number of hydrogen-bond donors (Lipinski definition) is 2. The molecule has 3 aromatic rings.